The van der Waals surface area contributed by atoms with E-state index in [2.05, 4.69) is 6.07 Å². The Labute approximate surface area is 102 Å². The van der Waals surface area contributed by atoms with Crippen LogP contribution in [-0.4, -0.2) is 25.0 Å². The van der Waals surface area contributed by atoms with Crippen LogP contribution >= 0.6 is 0 Å². The Kier molecular flexibility index (Phi) is 3.45. The van der Waals surface area contributed by atoms with Crippen molar-refractivity contribution >= 4 is 11.6 Å². The lowest BCUT2D eigenvalue weighted by Gasteiger charge is -2.24. The van der Waals surface area contributed by atoms with Gasteiger partial charge < -0.3 is 16.4 Å². The molecule has 1 unspecified atom stereocenters. The standard InChI is InChI=1S/C13H19N3O/c1-9(8-15)16-12-3-2-10(4-5-14)6-11(12)7-13(16)17/h2-3,6,9H,4-5,7-8,14-15H2,1H3. The molecule has 17 heavy (non-hydrogen) atoms. The molecule has 1 aliphatic rings. The Bertz CT molecular complexity index is 431. The largest absolute Gasteiger partial charge is 0.330 e. The van der Waals surface area contributed by atoms with Gasteiger partial charge in [0, 0.05) is 18.3 Å². The van der Waals surface area contributed by atoms with Crippen LogP contribution in [0.5, 0.6) is 0 Å². The van der Waals surface area contributed by atoms with Crippen LogP contribution in [0, 0.1) is 0 Å². The lowest BCUT2D eigenvalue weighted by Crippen LogP contribution is -2.40. The minimum Gasteiger partial charge on any atom is -0.330 e. The van der Waals surface area contributed by atoms with Crippen LogP contribution in [0.1, 0.15) is 18.1 Å². The van der Waals surface area contributed by atoms with Gasteiger partial charge in [0.15, 0.2) is 0 Å². The van der Waals surface area contributed by atoms with Crippen molar-refractivity contribution in [3.63, 3.8) is 0 Å². The first-order chi connectivity index (χ1) is 8.17. The van der Waals surface area contributed by atoms with Crippen LogP contribution in [0.15, 0.2) is 18.2 Å². The maximum Gasteiger partial charge on any atom is 0.231 e. The van der Waals surface area contributed by atoms with E-state index in [9.17, 15) is 4.79 Å². The quantitative estimate of drug-likeness (QED) is 0.792. The van der Waals surface area contributed by atoms with E-state index < -0.39 is 0 Å². The summed E-state index contributed by atoms with van der Waals surface area (Å²) in [7, 11) is 0. The molecule has 2 rings (SSSR count). The van der Waals surface area contributed by atoms with Crippen molar-refractivity contribution in [1.29, 1.82) is 0 Å². The number of carbonyl (C=O) groups excluding carboxylic acids is 1. The molecule has 1 atom stereocenters. The van der Waals surface area contributed by atoms with Crippen molar-refractivity contribution in [2.45, 2.75) is 25.8 Å². The molecule has 0 saturated carbocycles. The molecule has 4 heteroatoms. The average Bonchev–Trinajstić information content (AvgIpc) is 2.64. The number of nitrogens with zero attached hydrogens (tertiary/aromatic N) is 1. The Hall–Kier alpha value is -1.39. The van der Waals surface area contributed by atoms with Gasteiger partial charge in [-0.05, 0) is 37.1 Å². The number of fused-ring (bicyclic) bond motifs is 1. The second-order valence-corrected chi connectivity index (χ2v) is 4.53. The van der Waals surface area contributed by atoms with E-state index in [-0.39, 0.29) is 11.9 Å². The van der Waals surface area contributed by atoms with Gasteiger partial charge in [-0.25, -0.2) is 0 Å². The fourth-order valence-corrected chi connectivity index (χ4v) is 2.31. The predicted octanol–water partition coefficient (Wildman–Crippen LogP) is 0.424. The number of amides is 1. The van der Waals surface area contributed by atoms with E-state index >= 15 is 0 Å². The van der Waals surface area contributed by atoms with Gasteiger partial charge in [-0.3, -0.25) is 4.79 Å². The molecular formula is C13H19N3O. The SMILES string of the molecule is CC(CN)N1C(=O)Cc2cc(CCN)ccc21. The fourth-order valence-electron chi connectivity index (χ4n) is 2.31. The normalized spacial score (nSPS) is 16.2. The van der Waals surface area contributed by atoms with Gasteiger partial charge >= 0.3 is 0 Å². The molecule has 1 amide bonds. The van der Waals surface area contributed by atoms with E-state index in [1.807, 2.05) is 24.0 Å². The lowest BCUT2D eigenvalue weighted by molar-refractivity contribution is -0.117. The number of anilines is 1. The molecule has 4 N–H and O–H groups in total. The molecule has 1 aromatic carbocycles. The summed E-state index contributed by atoms with van der Waals surface area (Å²) in [4.78, 5) is 13.8. The van der Waals surface area contributed by atoms with Crippen molar-refractivity contribution in [3.8, 4) is 0 Å². The number of nitrogens with two attached hydrogens (primary N) is 2. The van der Waals surface area contributed by atoms with E-state index in [1.165, 1.54) is 5.56 Å². The molecule has 92 valence electrons. The zero-order valence-corrected chi connectivity index (χ0v) is 10.1. The molecule has 0 fully saturated rings. The third-order valence-electron chi connectivity index (χ3n) is 3.23. The van der Waals surface area contributed by atoms with Gasteiger partial charge in [-0.15, -0.1) is 0 Å². The summed E-state index contributed by atoms with van der Waals surface area (Å²) in [6.07, 6.45) is 1.34. The highest BCUT2D eigenvalue weighted by molar-refractivity contribution is 6.01. The highest BCUT2D eigenvalue weighted by atomic mass is 16.2. The van der Waals surface area contributed by atoms with Crippen LogP contribution in [0.2, 0.25) is 0 Å². The number of rotatable bonds is 4. The van der Waals surface area contributed by atoms with Crippen molar-refractivity contribution < 1.29 is 4.79 Å². The van der Waals surface area contributed by atoms with Crippen LogP contribution < -0.4 is 16.4 Å². The number of benzene rings is 1. The maximum absolute atomic E-state index is 11.9. The molecule has 1 aliphatic heterocycles. The third kappa shape index (κ3) is 2.18. The van der Waals surface area contributed by atoms with Crippen molar-refractivity contribution in [3.05, 3.63) is 29.3 Å². The minimum atomic E-state index is 0.0594. The smallest absolute Gasteiger partial charge is 0.231 e. The van der Waals surface area contributed by atoms with Gasteiger partial charge in [-0.2, -0.15) is 0 Å². The van der Waals surface area contributed by atoms with Gasteiger partial charge in [0.25, 0.3) is 0 Å². The summed E-state index contributed by atoms with van der Waals surface area (Å²) >= 11 is 0. The molecule has 0 aliphatic carbocycles. The number of hydrogen-bond donors (Lipinski definition) is 2. The topological polar surface area (TPSA) is 72.3 Å². The molecule has 0 radical (unpaired) electrons. The van der Waals surface area contributed by atoms with Gasteiger partial charge in [0.2, 0.25) is 5.91 Å². The highest BCUT2D eigenvalue weighted by Crippen LogP contribution is 2.31. The molecule has 0 bridgehead atoms. The fraction of sp³-hybridized carbons (Fsp3) is 0.462. The molecule has 0 saturated heterocycles. The average molecular weight is 233 g/mol. The van der Waals surface area contributed by atoms with Gasteiger partial charge in [-0.1, -0.05) is 12.1 Å². The summed E-state index contributed by atoms with van der Waals surface area (Å²) in [5.41, 5.74) is 14.5. The summed E-state index contributed by atoms with van der Waals surface area (Å²) in [6.45, 7) is 3.09. The Morgan fingerprint density at radius 1 is 1.41 bits per heavy atom. The van der Waals surface area contributed by atoms with E-state index in [1.54, 1.807) is 0 Å². The molecular weight excluding hydrogens is 214 g/mol. The zero-order valence-electron chi connectivity index (χ0n) is 10.1. The maximum atomic E-state index is 11.9. The summed E-state index contributed by atoms with van der Waals surface area (Å²) < 4.78 is 0. The minimum absolute atomic E-state index is 0.0594. The Morgan fingerprint density at radius 2 is 2.18 bits per heavy atom. The third-order valence-corrected chi connectivity index (χ3v) is 3.23. The van der Waals surface area contributed by atoms with Gasteiger partial charge in [0.1, 0.15) is 0 Å². The van der Waals surface area contributed by atoms with E-state index in [0.29, 0.717) is 19.5 Å². The molecule has 4 nitrogen and oxygen atoms in total. The predicted molar refractivity (Wildman–Crippen MR) is 68.9 cm³/mol. The summed E-state index contributed by atoms with van der Waals surface area (Å²) in [5.74, 6) is 0.142. The lowest BCUT2D eigenvalue weighted by atomic mass is 10.1. The first-order valence-corrected chi connectivity index (χ1v) is 6.01. The zero-order chi connectivity index (χ0) is 12.4. The van der Waals surface area contributed by atoms with Crippen LogP contribution in [-0.2, 0) is 17.6 Å². The van der Waals surface area contributed by atoms with E-state index in [4.69, 9.17) is 11.5 Å². The van der Waals surface area contributed by atoms with Crippen molar-refractivity contribution in [2.24, 2.45) is 11.5 Å². The van der Waals surface area contributed by atoms with Crippen molar-refractivity contribution in [2.75, 3.05) is 18.0 Å². The number of hydrogen-bond acceptors (Lipinski definition) is 3. The Balaban J connectivity index is 2.32. The molecule has 1 heterocycles. The molecule has 0 aromatic heterocycles. The first kappa shape index (κ1) is 12.1. The van der Waals surface area contributed by atoms with Gasteiger partial charge in [0.05, 0.1) is 6.42 Å². The highest BCUT2D eigenvalue weighted by Gasteiger charge is 2.30. The molecule has 0 spiro atoms. The second kappa shape index (κ2) is 4.85. The van der Waals surface area contributed by atoms with Crippen LogP contribution in [0.25, 0.3) is 0 Å². The second-order valence-electron chi connectivity index (χ2n) is 4.53. The van der Waals surface area contributed by atoms with E-state index in [0.717, 1.165) is 17.7 Å². The van der Waals surface area contributed by atoms with Crippen molar-refractivity contribution in [1.82, 2.24) is 0 Å². The monoisotopic (exact) mass is 233 g/mol. The summed E-state index contributed by atoms with van der Waals surface area (Å²) in [5, 5.41) is 0. The summed E-state index contributed by atoms with van der Waals surface area (Å²) in [6, 6.07) is 6.20. The Morgan fingerprint density at radius 3 is 2.82 bits per heavy atom. The number of carbonyl (C=O) groups is 1. The van der Waals surface area contributed by atoms with Crippen LogP contribution in [0.4, 0.5) is 5.69 Å². The first-order valence-electron chi connectivity index (χ1n) is 6.01. The molecule has 1 aromatic rings. The van der Waals surface area contributed by atoms with Crippen LogP contribution in [0.3, 0.4) is 0 Å².